The fourth-order valence-electron chi connectivity index (χ4n) is 1.72. The molecule has 0 heterocycles. The van der Waals surface area contributed by atoms with Gasteiger partial charge in [-0.25, -0.2) is 13.2 Å². The van der Waals surface area contributed by atoms with Gasteiger partial charge in [-0.15, -0.1) is 0 Å². The zero-order valence-electron chi connectivity index (χ0n) is 8.21. The van der Waals surface area contributed by atoms with Crippen molar-refractivity contribution in [3.8, 4) is 0 Å². The monoisotopic (exact) mass is 230 g/mol. The zero-order chi connectivity index (χ0) is 12.0. The van der Waals surface area contributed by atoms with Gasteiger partial charge in [0.25, 0.3) is 5.92 Å². The molecule has 2 rings (SSSR count). The second-order valence-corrected chi connectivity index (χ2v) is 3.97. The molecule has 0 saturated heterocycles. The van der Waals surface area contributed by atoms with Crippen LogP contribution in [0.25, 0.3) is 0 Å². The first-order valence-corrected chi connectivity index (χ1v) is 4.77. The summed E-state index contributed by atoms with van der Waals surface area (Å²) in [5.41, 5.74) is -2.45. The lowest BCUT2D eigenvalue weighted by Gasteiger charge is -2.23. The van der Waals surface area contributed by atoms with E-state index in [-0.39, 0.29) is 12.8 Å². The highest BCUT2D eigenvalue weighted by Crippen LogP contribution is 2.61. The van der Waals surface area contributed by atoms with E-state index in [9.17, 15) is 18.0 Å². The van der Waals surface area contributed by atoms with Gasteiger partial charge in [0, 0.05) is 5.56 Å². The summed E-state index contributed by atoms with van der Waals surface area (Å²) in [4.78, 5) is 10.8. The van der Waals surface area contributed by atoms with E-state index in [1.807, 2.05) is 0 Å². The van der Waals surface area contributed by atoms with Crippen LogP contribution in [0.4, 0.5) is 13.2 Å². The number of carboxylic acids is 1. The molecule has 0 aliphatic heterocycles. The lowest BCUT2D eigenvalue weighted by Crippen LogP contribution is -2.34. The van der Waals surface area contributed by atoms with Gasteiger partial charge in [0.05, 0.1) is 0 Å². The smallest absolute Gasteiger partial charge is 0.316 e. The Labute approximate surface area is 89.7 Å². The normalized spacial score (nSPS) is 18.2. The number of aliphatic carboxylic acids is 1. The van der Waals surface area contributed by atoms with E-state index >= 15 is 0 Å². The lowest BCUT2D eigenvalue weighted by atomic mass is 9.91. The molecule has 0 spiro atoms. The second kappa shape index (κ2) is 3.23. The molecule has 1 N–H and O–H groups in total. The molecule has 0 aromatic heterocycles. The molecule has 1 saturated carbocycles. The molecule has 1 aliphatic rings. The van der Waals surface area contributed by atoms with E-state index < -0.39 is 28.7 Å². The number of carbonyl (C=O) groups is 1. The fourth-order valence-corrected chi connectivity index (χ4v) is 1.72. The van der Waals surface area contributed by atoms with Crippen LogP contribution in [-0.4, -0.2) is 11.1 Å². The maximum Gasteiger partial charge on any atom is 0.316 e. The summed E-state index contributed by atoms with van der Waals surface area (Å²) in [6, 6.07) is 3.67. The highest BCUT2D eigenvalue weighted by molar-refractivity contribution is 5.79. The molecule has 1 fully saturated rings. The van der Waals surface area contributed by atoms with Crippen LogP contribution >= 0.6 is 0 Å². The van der Waals surface area contributed by atoms with Crippen LogP contribution in [0.2, 0.25) is 0 Å². The number of hydrogen-bond donors (Lipinski definition) is 1. The molecule has 1 aliphatic carbocycles. The zero-order valence-corrected chi connectivity index (χ0v) is 8.21. The van der Waals surface area contributed by atoms with E-state index in [1.54, 1.807) is 0 Å². The van der Waals surface area contributed by atoms with Crippen molar-refractivity contribution in [3.63, 3.8) is 0 Å². The summed E-state index contributed by atoms with van der Waals surface area (Å²) >= 11 is 0. The van der Waals surface area contributed by atoms with Crippen LogP contribution in [0.15, 0.2) is 24.3 Å². The third-order valence-corrected chi connectivity index (χ3v) is 2.97. The van der Waals surface area contributed by atoms with Gasteiger partial charge in [-0.3, -0.25) is 4.79 Å². The van der Waals surface area contributed by atoms with Gasteiger partial charge >= 0.3 is 5.97 Å². The SMILES string of the molecule is O=C(O)C1(C(F)(F)c2ccc(F)cc2)CC1. The summed E-state index contributed by atoms with van der Waals surface area (Å²) in [5.74, 6) is -5.58. The quantitative estimate of drug-likeness (QED) is 0.866. The molecule has 0 amide bonds. The minimum Gasteiger partial charge on any atom is -0.481 e. The molecule has 0 bridgehead atoms. The van der Waals surface area contributed by atoms with Crippen LogP contribution in [0.1, 0.15) is 18.4 Å². The van der Waals surface area contributed by atoms with Gasteiger partial charge in [-0.05, 0) is 25.0 Å². The second-order valence-electron chi connectivity index (χ2n) is 3.97. The molecule has 0 unspecified atom stereocenters. The predicted molar refractivity (Wildman–Crippen MR) is 49.6 cm³/mol. The molecule has 0 atom stereocenters. The van der Waals surface area contributed by atoms with Crippen molar-refractivity contribution in [1.82, 2.24) is 0 Å². The number of carboxylic acid groups (broad SMARTS) is 1. The molecule has 5 heteroatoms. The topological polar surface area (TPSA) is 37.3 Å². The van der Waals surface area contributed by atoms with Crippen LogP contribution in [0.5, 0.6) is 0 Å². The van der Waals surface area contributed by atoms with Gasteiger partial charge in [0.15, 0.2) is 0 Å². The highest BCUT2D eigenvalue weighted by Gasteiger charge is 2.68. The molecule has 16 heavy (non-hydrogen) atoms. The van der Waals surface area contributed by atoms with Gasteiger partial charge in [-0.1, -0.05) is 12.1 Å². The van der Waals surface area contributed by atoms with E-state index in [1.165, 1.54) is 0 Å². The lowest BCUT2D eigenvalue weighted by molar-refractivity contribution is -0.163. The van der Waals surface area contributed by atoms with Crippen molar-refractivity contribution in [2.75, 3.05) is 0 Å². The van der Waals surface area contributed by atoms with Gasteiger partial charge in [0.2, 0.25) is 0 Å². The van der Waals surface area contributed by atoms with Crippen molar-refractivity contribution < 1.29 is 23.1 Å². The Morgan fingerprint density at radius 3 is 2.12 bits per heavy atom. The van der Waals surface area contributed by atoms with Crippen molar-refractivity contribution in [3.05, 3.63) is 35.6 Å². The summed E-state index contributed by atoms with van der Waals surface area (Å²) < 4.78 is 40.3. The molecule has 86 valence electrons. The van der Waals surface area contributed by atoms with E-state index in [0.29, 0.717) is 0 Å². The minimum atomic E-state index is -3.45. The Hall–Kier alpha value is -1.52. The molecular weight excluding hydrogens is 221 g/mol. The maximum atomic E-state index is 13.9. The first kappa shape index (κ1) is 11.0. The summed E-state index contributed by atoms with van der Waals surface area (Å²) in [6.07, 6.45) is -0.0978. The van der Waals surface area contributed by atoms with E-state index in [4.69, 9.17) is 5.11 Å². The van der Waals surface area contributed by atoms with Crippen LogP contribution in [-0.2, 0) is 10.7 Å². The van der Waals surface area contributed by atoms with Crippen molar-refractivity contribution in [1.29, 1.82) is 0 Å². The maximum absolute atomic E-state index is 13.9. The van der Waals surface area contributed by atoms with Gasteiger partial charge in [0.1, 0.15) is 11.2 Å². The summed E-state index contributed by atoms with van der Waals surface area (Å²) in [6.45, 7) is 0. The Bertz CT molecular complexity index is 421. The van der Waals surface area contributed by atoms with Crippen LogP contribution in [0.3, 0.4) is 0 Å². The average molecular weight is 230 g/mol. The third-order valence-electron chi connectivity index (χ3n) is 2.97. The summed E-state index contributed by atoms with van der Waals surface area (Å²) in [7, 11) is 0. The minimum absolute atomic E-state index is 0.0489. The first-order valence-electron chi connectivity index (χ1n) is 4.77. The number of benzene rings is 1. The molecule has 1 aromatic rings. The third kappa shape index (κ3) is 1.38. The van der Waals surface area contributed by atoms with E-state index in [0.717, 1.165) is 24.3 Å². The largest absolute Gasteiger partial charge is 0.481 e. The number of halogens is 3. The fraction of sp³-hybridized carbons (Fsp3) is 0.364. The number of hydrogen-bond acceptors (Lipinski definition) is 1. The van der Waals surface area contributed by atoms with Gasteiger partial charge in [-0.2, -0.15) is 0 Å². The Morgan fingerprint density at radius 1 is 1.25 bits per heavy atom. The predicted octanol–water partition coefficient (Wildman–Crippen LogP) is 2.78. The average Bonchev–Trinajstić information content (AvgIpc) is 2.98. The Kier molecular flexibility index (Phi) is 2.22. The number of rotatable bonds is 3. The van der Waals surface area contributed by atoms with E-state index in [2.05, 4.69) is 0 Å². The summed E-state index contributed by atoms with van der Waals surface area (Å²) in [5, 5.41) is 8.80. The Balaban J connectivity index is 2.39. The molecule has 2 nitrogen and oxygen atoms in total. The van der Waals surface area contributed by atoms with Crippen molar-refractivity contribution >= 4 is 5.97 Å². The highest BCUT2D eigenvalue weighted by atomic mass is 19.3. The number of alkyl halides is 2. The van der Waals surface area contributed by atoms with Crippen molar-refractivity contribution in [2.24, 2.45) is 5.41 Å². The Morgan fingerprint density at radius 2 is 1.75 bits per heavy atom. The van der Waals surface area contributed by atoms with Crippen LogP contribution < -0.4 is 0 Å². The molecule has 1 aromatic carbocycles. The van der Waals surface area contributed by atoms with Crippen molar-refractivity contribution in [2.45, 2.75) is 18.8 Å². The molecule has 0 radical (unpaired) electrons. The standard InChI is InChI=1S/C11H9F3O2/c12-8-3-1-7(2-4-8)11(13,14)10(5-6-10)9(15)16/h1-4H,5-6H2,(H,15,16). The molecular formula is C11H9F3O2. The first-order chi connectivity index (χ1) is 7.40. The van der Waals surface area contributed by atoms with Crippen LogP contribution in [0, 0.1) is 11.2 Å². The van der Waals surface area contributed by atoms with Gasteiger partial charge < -0.3 is 5.11 Å².